The summed E-state index contributed by atoms with van der Waals surface area (Å²) in [5.41, 5.74) is 0. The minimum absolute atomic E-state index is 0.234. The standard InChI is InChI=1S/C10H15NO3S/c1-7(12)5-11-10(13)9-4-3-8(14-9)6-15-2/h3-4,7,12H,5-6H2,1-2H3,(H,11,13). The first-order valence-corrected chi connectivity index (χ1v) is 6.06. The summed E-state index contributed by atoms with van der Waals surface area (Å²) in [6.07, 6.45) is 1.42. The van der Waals surface area contributed by atoms with Crippen molar-refractivity contribution < 1.29 is 14.3 Å². The molecule has 1 aromatic heterocycles. The number of furan rings is 1. The van der Waals surface area contributed by atoms with E-state index in [0.29, 0.717) is 5.76 Å². The zero-order chi connectivity index (χ0) is 11.3. The lowest BCUT2D eigenvalue weighted by atomic mass is 10.3. The Labute approximate surface area is 93.0 Å². The molecule has 1 amide bonds. The maximum atomic E-state index is 11.4. The molecule has 0 aliphatic rings. The fraction of sp³-hybridized carbons (Fsp3) is 0.500. The van der Waals surface area contributed by atoms with Gasteiger partial charge in [-0.25, -0.2) is 0 Å². The van der Waals surface area contributed by atoms with Crippen molar-refractivity contribution in [2.75, 3.05) is 12.8 Å². The van der Waals surface area contributed by atoms with Gasteiger partial charge in [-0.2, -0.15) is 11.8 Å². The Balaban J connectivity index is 2.50. The van der Waals surface area contributed by atoms with Crippen LogP contribution in [0.4, 0.5) is 0 Å². The highest BCUT2D eigenvalue weighted by Gasteiger charge is 2.10. The normalized spacial score (nSPS) is 12.5. The zero-order valence-corrected chi connectivity index (χ0v) is 9.63. The zero-order valence-electron chi connectivity index (χ0n) is 8.82. The Morgan fingerprint density at radius 1 is 1.67 bits per heavy atom. The molecule has 1 atom stereocenters. The highest BCUT2D eigenvalue weighted by molar-refractivity contribution is 7.97. The van der Waals surface area contributed by atoms with Gasteiger partial charge in [-0.15, -0.1) is 0 Å². The van der Waals surface area contributed by atoms with E-state index in [1.54, 1.807) is 30.8 Å². The van der Waals surface area contributed by atoms with Crippen LogP contribution in [0.5, 0.6) is 0 Å². The Bertz CT molecular complexity index is 322. The molecule has 1 rings (SSSR count). The van der Waals surface area contributed by atoms with Gasteiger partial charge in [0, 0.05) is 6.54 Å². The summed E-state index contributed by atoms with van der Waals surface area (Å²) >= 11 is 1.63. The maximum absolute atomic E-state index is 11.4. The van der Waals surface area contributed by atoms with Crippen LogP contribution >= 0.6 is 11.8 Å². The SMILES string of the molecule is CSCc1ccc(C(=O)NCC(C)O)o1. The quantitative estimate of drug-likeness (QED) is 0.797. The van der Waals surface area contributed by atoms with Gasteiger partial charge in [-0.1, -0.05) is 0 Å². The van der Waals surface area contributed by atoms with E-state index >= 15 is 0 Å². The van der Waals surface area contributed by atoms with Crippen LogP contribution in [0.2, 0.25) is 0 Å². The van der Waals surface area contributed by atoms with Crippen molar-refractivity contribution in [3.05, 3.63) is 23.7 Å². The molecule has 0 fully saturated rings. The predicted octanol–water partition coefficient (Wildman–Crippen LogP) is 1.25. The van der Waals surface area contributed by atoms with E-state index in [-0.39, 0.29) is 12.5 Å². The number of hydrogen-bond acceptors (Lipinski definition) is 4. The average Bonchev–Trinajstić information content (AvgIpc) is 2.63. The lowest BCUT2D eigenvalue weighted by Crippen LogP contribution is -2.30. The van der Waals surface area contributed by atoms with E-state index in [4.69, 9.17) is 9.52 Å². The lowest BCUT2D eigenvalue weighted by molar-refractivity contribution is 0.0895. The highest BCUT2D eigenvalue weighted by atomic mass is 32.2. The fourth-order valence-electron chi connectivity index (χ4n) is 1.05. The number of nitrogens with one attached hydrogen (secondary N) is 1. The second kappa shape index (κ2) is 5.82. The van der Waals surface area contributed by atoms with E-state index in [1.807, 2.05) is 6.26 Å². The molecule has 4 nitrogen and oxygen atoms in total. The average molecular weight is 229 g/mol. The van der Waals surface area contributed by atoms with Crippen molar-refractivity contribution in [1.29, 1.82) is 0 Å². The molecule has 0 aromatic carbocycles. The third-order valence-electron chi connectivity index (χ3n) is 1.73. The van der Waals surface area contributed by atoms with Crippen molar-refractivity contribution in [3.63, 3.8) is 0 Å². The Morgan fingerprint density at radius 2 is 2.40 bits per heavy atom. The number of aliphatic hydroxyl groups excluding tert-OH is 1. The van der Waals surface area contributed by atoms with Gasteiger partial charge in [0.25, 0.3) is 5.91 Å². The van der Waals surface area contributed by atoms with Crippen LogP contribution < -0.4 is 5.32 Å². The van der Waals surface area contributed by atoms with Crippen LogP contribution in [0.1, 0.15) is 23.2 Å². The molecule has 1 heterocycles. The summed E-state index contributed by atoms with van der Waals surface area (Å²) in [6.45, 7) is 1.85. The first-order valence-electron chi connectivity index (χ1n) is 4.67. The van der Waals surface area contributed by atoms with Gasteiger partial charge in [-0.3, -0.25) is 4.79 Å². The number of carbonyl (C=O) groups excluding carboxylic acids is 1. The summed E-state index contributed by atoms with van der Waals surface area (Å²) in [7, 11) is 0. The van der Waals surface area contributed by atoms with E-state index < -0.39 is 6.10 Å². The van der Waals surface area contributed by atoms with Crippen molar-refractivity contribution in [2.24, 2.45) is 0 Å². The highest BCUT2D eigenvalue weighted by Crippen LogP contribution is 2.13. The Kier molecular flexibility index (Phi) is 4.71. The van der Waals surface area contributed by atoms with Gasteiger partial charge >= 0.3 is 0 Å². The largest absolute Gasteiger partial charge is 0.455 e. The molecule has 0 aliphatic carbocycles. The molecule has 0 saturated carbocycles. The second-order valence-corrected chi connectivity index (χ2v) is 4.12. The van der Waals surface area contributed by atoms with Crippen LogP contribution in [-0.2, 0) is 5.75 Å². The first kappa shape index (κ1) is 12.1. The summed E-state index contributed by atoms with van der Waals surface area (Å²) in [5, 5.41) is 11.6. The number of rotatable bonds is 5. The van der Waals surface area contributed by atoms with Crippen molar-refractivity contribution >= 4 is 17.7 Å². The maximum Gasteiger partial charge on any atom is 0.287 e. The van der Waals surface area contributed by atoms with Crippen molar-refractivity contribution in [2.45, 2.75) is 18.8 Å². The first-order chi connectivity index (χ1) is 7.13. The van der Waals surface area contributed by atoms with E-state index in [2.05, 4.69) is 5.32 Å². The van der Waals surface area contributed by atoms with Crippen LogP contribution in [0.3, 0.4) is 0 Å². The summed E-state index contributed by atoms with van der Waals surface area (Å²) in [6, 6.07) is 3.43. The molecule has 84 valence electrons. The molecule has 15 heavy (non-hydrogen) atoms. The summed E-state index contributed by atoms with van der Waals surface area (Å²) in [5.74, 6) is 1.54. The van der Waals surface area contributed by atoms with Gasteiger partial charge in [-0.05, 0) is 25.3 Å². The van der Waals surface area contributed by atoms with Gasteiger partial charge in [0.15, 0.2) is 5.76 Å². The Morgan fingerprint density at radius 3 is 3.00 bits per heavy atom. The van der Waals surface area contributed by atoms with Crippen LogP contribution in [0, 0.1) is 0 Å². The van der Waals surface area contributed by atoms with Gasteiger partial charge in [0.05, 0.1) is 11.9 Å². The number of thioether (sulfide) groups is 1. The predicted molar refractivity (Wildman–Crippen MR) is 59.9 cm³/mol. The molecule has 0 aliphatic heterocycles. The monoisotopic (exact) mass is 229 g/mol. The molecule has 0 spiro atoms. The lowest BCUT2D eigenvalue weighted by Gasteiger charge is -2.04. The van der Waals surface area contributed by atoms with Gasteiger partial charge < -0.3 is 14.8 Å². The number of amides is 1. The summed E-state index contributed by atoms with van der Waals surface area (Å²) in [4.78, 5) is 11.4. The molecular formula is C10H15NO3S. The van der Waals surface area contributed by atoms with Crippen LogP contribution in [-0.4, -0.2) is 29.9 Å². The topological polar surface area (TPSA) is 62.5 Å². The minimum atomic E-state index is -0.547. The number of aliphatic hydroxyl groups is 1. The molecule has 2 N–H and O–H groups in total. The van der Waals surface area contributed by atoms with Crippen LogP contribution in [0.25, 0.3) is 0 Å². The van der Waals surface area contributed by atoms with Crippen molar-refractivity contribution in [3.8, 4) is 0 Å². The van der Waals surface area contributed by atoms with Crippen molar-refractivity contribution in [1.82, 2.24) is 5.32 Å². The Hall–Kier alpha value is -0.940. The van der Waals surface area contributed by atoms with Gasteiger partial charge in [0.1, 0.15) is 5.76 Å². The second-order valence-electron chi connectivity index (χ2n) is 3.26. The third-order valence-corrected chi connectivity index (χ3v) is 2.30. The number of hydrogen-bond donors (Lipinski definition) is 2. The third kappa shape index (κ3) is 3.97. The smallest absolute Gasteiger partial charge is 0.287 e. The molecular weight excluding hydrogens is 214 g/mol. The molecule has 5 heteroatoms. The molecule has 0 radical (unpaired) electrons. The molecule has 0 bridgehead atoms. The summed E-state index contributed by atoms with van der Waals surface area (Å²) < 4.78 is 5.30. The number of carbonyl (C=O) groups is 1. The van der Waals surface area contributed by atoms with E-state index in [1.165, 1.54) is 0 Å². The van der Waals surface area contributed by atoms with Crippen LogP contribution in [0.15, 0.2) is 16.5 Å². The van der Waals surface area contributed by atoms with E-state index in [9.17, 15) is 4.79 Å². The fourth-order valence-corrected chi connectivity index (χ4v) is 1.49. The molecule has 1 unspecified atom stereocenters. The molecule has 1 aromatic rings. The molecule has 0 saturated heterocycles. The van der Waals surface area contributed by atoms with Gasteiger partial charge in [0.2, 0.25) is 0 Å². The minimum Gasteiger partial charge on any atom is -0.455 e. The van der Waals surface area contributed by atoms with E-state index in [0.717, 1.165) is 11.5 Å².